The van der Waals surface area contributed by atoms with E-state index in [4.69, 9.17) is 4.74 Å². The maximum atomic E-state index is 12.6. The molecule has 0 spiro atoms. The van der Waals surface area contributed by atoms with Crippen LogP contribution >= 0.6 is 0 Å². The number of hydrogen-bond acceptors (Lipinski definition) is 5. The number of H-pyrrole nitrogens is 1. The highest BCUT2D eigenvalue weighted by Crippen LogP contribution is 2.22. The first-order chi connectivity index (χ1) is 15.4. The number of nitrogens with zero attached hydrogens (tertiary/aromatic N) is 3. The van der Waals surface area contributed by atoms with Gasteiger partial charge in [-0.15, -0.1) is 0 Å². The molecule has 3 heterocycles. The Kier molecular flexibility index (Phi) is 6.02. The molecule has 32 heavy (non-hydrogen) atoms. The summed E-state index contributed by atoms with van der Waals surface area (Å²) in [5, 5.41) is 8.19. The summed E-state index contributed by atoms with van der Waals surface area (Å²) >= 11 is 0. The molecule has 8 nitrogen and oxygen atoms in total. The van der Waals surface area contributed by atoms with E-state index in [0.29, 0.717) is 35.7 Å². The van der Waals surface area contributed by atoms with Crippen molar-refractivity contribution in [3.8, 4) is 5.75 Å². The molecule has 0 fully saturated rings. The third-order valence-electron chi connectivity index (χ3n) is 5.40. The van der Waals surface area contributed by atoms with Gasteiger partial charge in [0.1, 0.15) is 18.0 Å². The zero-order valence-corrected chi connectivity index (χ0v) is 18.3. The molecule has 0 aliphatic heterocycles. The second kappa shape index (κ2) is 9.05. The molecule has 0 saturated carbocycles. The Hall–Kier alpha value is -3.94. The standard InChI is InChI=1S/C24H25N5O3/c1-15-20(24(31)27-23-22(15)16(2)28-29(23)3)9-10-21(30)26-18-7-4-8-19(12-18)32-14-17-6-5-11-25-13-17/h4-8,11-13H,9-10,14H2,1-3H3,(H,26,30)(H,27,31). The number of rotatable bonds is 7. The molecular formula is C24H25N5O3. The summed E-state index contributed by atoms with van der Waals surface area (Å²) in [5.74, 6) is 0.479. The highest BCUT2D eigenvalue weighted by Gasteiger charge is 2.16. The van der Waals surface area contributed by atoms with Crippen LogP contribution in [-0.4, -0.2) is 25.7 Å². The fraction of sp³-hybridized carbons (Fsp3) is 0.250. The van der Waals surface area contributed by atoms with Gasteiger partial charge in [0, 0.05) is 54.1 Å². The summed E-state index contributed by atoms with van der Waals surface area (Å²) in [4.78, 5) is 32.1. The third kappa shape index (κ3) is 4.54. The Morgan fingerprint density at radius 3 is 2.84 bits per heavy atom. The summed E-state index contributed by atoms with van der Waals surface area (Å²) in [7, 11) is 1.80. The van der Waals surface area contributed by atoms with Gasteiger partial charge in [0.25, 0.3) is 5.56 Å². The number of anilines is 1. The number of hydrogen-bond donors (Lipinski definition) is 2. The number of benzene rings is 1. The van der Waals surface area contributed by atoms with E-state index in [1.54, 1.807) is 36.3 Å². The van der Waals surface area contributed by atoms with Crippen LogP contribution < -0.4 is 15.6 Å². The molecule has 3 aromatic heterocycles. The fourth-order valence-corrected chi connectivity index (χ4v) is 3.83. The molecule has 1 amide bonds. The predicted octanol–water partition coefficient (Wildman–Crippen LogP) is 3.42. The molecule has 0 atom stereocenters. The van der Waals surface area contributed by atoms with Crippen LogP contribution in [0.25, 0.3) is 11.0 Å². The lowest BCUT2D eigenvalue weighted by Gasteiger charge is -2.10. The van der Waals surface area contributed by atoms with Crippen molar-refractivity contribution >= 4 is 22.6 Å². The van der Waals surface area contributed by atoms with Gasteiger partial charge in [0.15, 0.2) is 0 Å². The van der Waals surface area contributed by atoms with E-state index in [2.05, 4.69) is 20.4 Å². The molecular weight excluding hydrogens is 406 g/mol. The Labute approximate surface area is 185 Å². The molecule has 0 radical (unpaired) electrons. The maximum absolute atomic E-state index is 12.6. The average Bonchev–Trinajstić information content (AvgIpc) is 3.06. The molecule has 8 heteroatoms. The van der Waals surface area contributed by atoms with Gasteiger partial charge in [-0.1, -0.05) is 12.1 Å². The zero-order valence-electron chi connectivity index (χ0n) is 18.3. The van der Waals surface area contributed by atoms with Crippen LogP contribution in [0.15, 0.2) is 53.6 Å². The molecule has 0 saturated heterocycles. The molecule has 4 rings (SSSR count). The number of aromatic nitrogens is 4. The van der Waals surface area contributed by atoms with E-state index < -0.39 is 0 Å². The summed E-state index contributed by atoms with van der Waals surface area (Å²) in [6, 6.07) is 11.0. The maximum Gasteiger partial charge on any atom is 0.253 e. The smallest absolute Gasteiger partial charge is 0.253 e. The van der Waals surface area contributed by atoms with Crippen molar-refractivity contribution in [1.82, 2.24) is 19.7 Å². The van der Waals surface area contributed by atoms with Crippen LogP contribution in [0.1, 0.15) is 28.8 Å². The van der Waals surface area contributed by atoms with Crippen LogP contribution in [0.3, 0.4) is 0 Å². The summed E-state index contributed by atoms with van der Waals surface area (Å²) in [6.45, 7) is 4.21. The topological polar surface area (TPSA) is 102 Å². The first-order valence-electron chi connectivity index (χ1n) is 10.4. The van der Waals surface area contributed by atoms with Gasteiger partial charge in [-0.05, 0) is 44.0 Å². The number of ether oxygens (including phenoxy) is 1. The summed E-state index contributed by atoms with van der Waals surface area (Å²) in [5.41, 5.74) is 4.44. The van der Waals surface area contributed by atoms with E-state index in [1.165, 1.54) is 0 Å². The highest BCUT2D eigenvalue weighted by molar-refractivity contribution is 5.91. The van der Waals surface area contributed by atoms with Gasteiger partial charge < -0.3 is 15.0 Å². The van der Waals surface area contributed by atoms with Crippen LogP contribution in [0, 0.1) is 13.8 Å². The van der Waals surface area contributed by atoms with Crippen molar-refractivity contribution in [3.63, 3.8) is 0 Å². The van der Waals surface area contributed by atoms with Crippen molar-refractivity contribution in [1.29, 1.82) is 0 Å². The van der Waals surface area contributed by atoms with E-state index in [9.17, 15) is 9.59 Å². The molecule has 1 aromatic carbocycles. The van der Waals surface area contributed by atoms with Crippen molar-refractivity contribution in [2.45, 2.75) is 33.3 Å². The van der Waals surface area contributed by atoms with Gasteiger partial charge in [-0.2, -0.15) is 5.10 Å². The van der Waals surface area contributed by atoms with Gasteiger partial charge in [-0.25, -0.2) is 0 Å². The van der Waals surface area contributed by atoms with Crippen LogP contribution in [-0.2, 0) is 24.9 Å². The normalized spacial score (nSPS) is 11.0. The average molecular weight is 431 g/mol. The molecule has 4 aromatic rings. The largest absolute Gasteiger partial charge is 0.489 e. The second-order valence-electron chi connectivity index (χ2n) is 7.72. The van der Waals surface area contributed by atoms with Crippen molar-refractivity contribution in [3.05, 3.63) is 81.5 Å². The molecule has 2 N–H and O–H groups in total. The van der Waals surface area contributed by atoms with Crippen molar-refractivity contribution in [2.75, 3.05) is 5.32 Å². The second-order valence-corrected chi connectivity index (χ2v) is 7.72. The lowest BCUT2D eigenvalue weighted by Crippen LogP contribution is -2.19. The zero-order chi connectivity index (χ0) is 22.7. The minimum Gasteiger partial charge on any atom is -0.489 e. The minimum absolute atomic E-state index is 0.170. The highest BCUT2D eigenvalue weighted by atomic mass is 16.5. The summed E-state index contributed by atoms with van der Waals surface area (Å²) < 4.78 is 7.45. The number of nitrogens with one attached hydrogen (secondary N) is 2. The lowest BCUT2D eigenvalue weighted by molar-refractivity contribution is -0.116. The van der Waals surface area contributed by atoms with Crippen LogP contribution in [0.2, 0.25) is 0 Å². The minimum atomic E-state index is -0.184. The number of pyridine rings is 2. The molecule has 0 bridgehead atoms. The predicted molar refractivity (Wildman–Crippen MR) is 123 cm³/mol. The number of aromatic amines is 1. The molecule has 164 valence electrons. The van der Waals surface area contributed by atoms with Crippen molar-refractivity contribution < 1.29 is 9.53 Å². The number of fused-ring (bicyclic) bond motifs is 1. The third-order valence-corrected chi connectivity index (χ3v) is 5.40. The van der Waals surface area contributed by atoms with E-state index in [-0.39, 0.29) is 17.9 Å². The molecule has 0 unspecified atom stereocenters. The Bertz CT molecular complexity index is 1320. The first-order valence-corrected chi connectivity index (χ1v) is 10.4. The van der Waals surface area contributed by atoms with E-state index in [1.807, 2.05) is 38.1 Å². The fourth-order valence-electron chi connectivity index (χ4n) is 3.83. The Morgan fingerprint density at radius 1 is 1.22 bits per heavy atom. The van der Waals surface area contributed by atoms with E-state index in [0.717, 1.165) is 22.2 Å². The summed E-state index contributed by atoms with van der Waals surface area (Å²) in [6.07, 6.45) is 3.99. The quantitative estimate of drug-likeness (QED) is 0.467. The van der Waals surface area contributed by atoms with Crippen LogP contribution in [0.5, 0.6) is 5.75 Å². The Morgan fingerprint density at radius 2 is 2.06 bits per heavy atom. The number of carbonyl (C=O) groups excluding carboxylic acids is 1. The molecule has 0 aliphatic rings. The van der Waals surface area contributed by atoms with Crippen molar-refractivity contribution in [2.24, 2.45) is 7.05 Å². The van der Waals surface area contributed by atoms with Gasteiger partial charge in [0.2, 0.25) is 5.91 Å². The van der Waals surface area contributed by atoms with Gasteiger partial charge >= 0.3 is 0 Å². The SMILES string of the molecule is Cc1nn(C)c2[nH]c(=O)c(CCC(=O)Nc3cccc(OCc4cccnc4)c3)c(C)c12. The molecule has 0 aliphatic carbocycles. The van der Waals surface area contributed by atoms with Crippen LogP contribution in [0.4, 0.5) is 5.69 Å². The number of aryl methyl sites for hydroxylation is 3. The number of carbonyl (C=O) groups is 1. The first kappa shape index (κ1) is 21.3. The van der Waals surface area contributed by atoms with E-state index >= 15 is 0 Å². The lowest BCUT2D eigenvalue weighted by atomic mass is 10.0. The Balaban J connectivity index is 1.40. The number of amides is 1. The van der Waals surface area contributed by atoms with Gasteiger partial charge in [0.05, 0.1) is 5.69 Å². The monoisotopic (exact) mass is 431 g/mol. The van der Waals surface area contributed by atoms with Gasteiger partial charge in [-0.3, -0.25) is 19.3 Å².